The smallest absolute Gasteiger partial charge is 0.146 e. The van der Waals surface area contributed by atoms with Crippen molar-refractivity contribution in [3.63, 3.8) is 0 Å². The summed E-state index contributed by atoms with van der Waals surface area (Å²) < 4.78 is 13.6. The standard InChI is InChI=1S/C15H16FNO/c1-10-5-4-8-13(16)14(10)17-9-12-7-3-6-11(2)15(12)18/h3-8,17-18H,9H2,1-2H3. The molecule has 0 aliphatic heterocycles. The third-order valence-corrected chi connectivity index (χ3v) is 3.00. The molecule has 0 aliphatic carbocycles. The molecule has 0 unspecified atom stereocenters. The monoisotopic (exact) mass is 245 g/mol. The van der Waals surface area contributed by atoms with Crippen molar-refractivity contribution in [2.75, 3.05) is 5.32 Å². The summed E-state index contributed by atoms with van der Waals surface area (Å²) in [6.45, 7) is 4.09. The molecule has 0 radical (unpaired) electrons. The van der Waals surface area contributed by atoms with Gasteiger partial charge in [-0.05, 0) is 31.0 Å². The summed E-state index contributed by atoms with van der Waals surface area (Å²) in [5, 5.41) is 12.9. The second-order valence-electron chi connectivity index (χ2n) is 4.37. The fraction of sp³-hybridized carbons (Fsp3) is 0.200. The van der Waals surface area contributed by atoms with Gasteiger partial charge in [-0.3, -0.25) is 0 Å². The normalized spacial score (nSPS) is 10.4. The lowest BCUT2D eigenvalue weighted by atomic mass is 10.1. The lowest BCUT2D eigenvalue weighted by Crippen LogP contribution is -2.03. The van der Waals surface area contributed by atoms with Gasteiger partial charge in [-0.2, -0.15) is 0 Å². The number of nitrogens with one attached hydrogen (secondary N) is 1. The molecule has 0 fully saturated rings. The number of aryl methyl sites for hydroxylation is 2. The molecular formula is C15H16FNO. The summed E-state index contributed by atoms with van der Waals surface area (Å²) in [6.07, 6.45) is 0. The first kappa shape index (κ1) is 12.4. The van der Waals surface area contributed by atoms with Crippen molar-refractivity contribution in [1.29, 1.82) is 0 Å². The van der Waals surface area contributed by atoms with Gasteiger partial charge in [0.15, 0.2) is 0 Å². The van der Waals surface area contributed by atoms with Crippen molar-refractivity contribution >= 4 is 5.69 Å². The molecule has 0 atom stereocenters. The van der Waals surface area contributed by atoms with Crippen LogP contribution >= 0.6 is 0 Å². The molecule has 18 heavy (non-hydrogen) atoms. The van der Waals surface area contributed by atoms with Crippen molar-refractivity contribution in [3.05, 3.63) is 58.9 Å². The van der Waals surface area contributed by atoms with Crippen molar-refractivity contribution in [3.8, 4) is 5.75 Å². The first-order chi connectivity index (χ1) is 8.59. The average molecular weight is 245 g/mol. The zero-order chi connectivity index (χ0) is 13.1. The van der Waals surface area contributed by atoms with E-state index in [2.05, 4.69) is 5.32 Å². The quantitative estimate of drug-likeness (QED) is 0.863. The zero-order valence-corrected chi connectivity index (χ0v) is 10.5. The summed E-state index contributed by atoms with van der Waals surface area (Å²) in [5.74, 6) is -0.0128. The van der Waals surface area contributed by atoms with Crippen LogP contribution in [0.1, 0.15) is 16.7 Å². The van der Waals surface area contributed by atoms with Crippen LogP contribution in [0.3, 0.4) is 0 Å². The van der Waals surface area contributed by atoms with E-state index in [0.29, 0.717) is 12.2 Å². The third-order valence-electron chi connectivity index (χ3n) is 3.00. The van der Waals surface area contributed by atoms with Gasteiger partial charge in [0.05, 0.1) is 5.69 Å². The highest BCUT2D eigenvalue weighted by atomic mass is 19.1. The molecule has 2 nitrogen and oxygen atoms in total. The van der Waals surface area contributed by atoms with Crippen LogP contribution in [0.4, 0.5) is 10.1 Å². The second-order valence-corrected chi connectivity index (χ2v) is 4.37. The molecule has 0 spiro atoms. The highest BCUT2D eigenvalue weighted by Gasteiger charge is 2.07. The Labute approximate surface area is 106 Å². The Morgan fingerprint density at radius 2 is 1.72 bits per heavy atom. The number of benzene rings is 2. The largest absolute Gasteiger partial charge is 0.507 e. The number of para-hydroxylation sites is 2. The minimum absolute atomic E-state index is 0.263. The molecule has 0 saturated carbocycles. The van der Waals surface area contributed by atoms with E-state index in [1.54, 1.807) is 6.07 Å². The van der Waals surface area contributed by atoms with Crippen LogP contribution in [0.25, 0.3) is 0 Å². The van der Waals surface area contributed by atoms with Gasteiger partial charge in [-0.15, -0.1) is 0 Å². The maximum atomic E-state index is 13.6. The summed E-state index contributed by atoms with van der Waals surface area (Å²) in [7, 11) is 0. The lowest BCUT2D eigenvalue weighted by Gasteiger charge is -2.12. The summed E-state index contributed by atoms with van der Waals surface area (Å²) >= 11 is 0. The second kappa shape index (κ2) is 5.08. The van der Waals surface area contributed by atoms with Crippen molar-refractivity contribution in [2.24, 2.45) is 0 Å². The molecule has 2 aromatic carbocycles. The van der Waals surface area contributed by atoms with Crippen LogP contribution in [0.5, 0.6) is 5.75 Å². The molecule has 2 N–H and O–H groups in total. The maximum Gasteiger partial charge on any atom is 0.146 e. The summed E-state index contributed by atoms with van der Waals surface area (Å²) in [6, 6.07) is 10.5. The number of halogens is 1. The third kappa shape index (κ3) is 2.45. The van der Waals surface area contributed by atoms with Gasteiger partial charge < -0.3 is 10.4 Å². The Morgan fingerprint density at radius 1 is 1.06 bits per heavy atom. The fourth-order valence-corrected chi connectivity index (χ4v) is 1.90. The molecular weight excluding hydrogens is 229 g/mol. The molecule has 0 aliphatic rings. The molecule has 94 valence electrons. The average Bonchev–Trinajstić information content (AvgIpc) is 2.33. The number of hydrogen-bond acceptors (Lipinski definition) is 2. The Morgan fingerprint density at radius 3 is 2.44 bits per heavy atom. The van der Waals surface area contributed by atoms with E-state index in [1.165, 1.54) is 6.07 Å². The Bertz CT molecular complexity index is 546. The van der Waals surface area contributed by atoms with E-state index in [4.69, 9.17) is 0 Å². The van der Waals surface area contributed by atoms with Gasteiger partial charge in [-0.25, -0.2) is 4.39 Å². The van der Waals surface area contributed by atoms with E-state index < -0.39 is 0 Å². The van der Waals surface area contributed by atoms with Gasteiger partial charge in [0, 0.05) is 12.1 Å². The molecule has 0 heterocycles. The lowest BCUT2D eigenvalue weighted by molar-refractivity contribution is 0.465. The Kier molecular flexibility index (Phi) is 3.51. The van der Waals surface area contributed by atoms with E-state index in [1.807, 2.05) is 38.1 Å². The number of phenolic OH excluding ortho intramolecular Hbond substituents is 1. The maximum absolute atomic E-state index is 13.6. The molecule has 2 rings (SSSR count). The topological polar surface area (TPSA) is 32.3 Å². The molecule has 3 heteroatoms. The fourth-order valence-electron chi connectivity index (χ4n) is 1.90. The molecule has 0 bridgehead atoms. The Balaban J connectivity index is 2.19. The summed E-state index contributed by atoms with van der Waals surface area (Å²) in [4.78, 5) is 0. The van der Waals surface area contributed by atoms with Crippen LogP contribution in [0.2, 0.25) is 0 Å². The van der Waals surface area contributed by atoms with Gasteiger partial charge in [0.25, 0.3) is 0 Å². The van der Waals surface area contributed by atoms with Crippen molar-refractivity contribution in [1.82, 2.24) is 0 Å². The van der Waals surface area contributed by atoms with Gasteiger partial charge in [0.1, 0.15) is 11.6 Å². The van der Waals surface area contributed by atoms with E-state index in [-0.39, 0.29) is 11.6 Å². The predicted octanol–water partition coefficient (Wildman–Crippen LogP) is 3.76. The van der Waals surface area contributed by atoms with E-state index >= 15 is 0 Å². The first-order valence-corrected chi connectivity index (χ1v) is 5.86. The van der Waals surface area contributed by atoms with Gasteiger partial charge >= 0.3 is 0 Å². The molecule has 2 aromatic rings. The minimum Gasteiger partial charge on any atom is -0.507 e. The van der Waals surface area contributed by atoms with Crippen LogP contribution in [0, 0.1) is 19.7 Å². The van der Waals surface area contributed by atoms with Gasteiger partial charge in [0.2, 0.25) is 0 Å². The Hall–Kier alpha value is -2.03. The highest BCUT2D eigenvalue weighted by molar-refractivity contribution is 5.53. The minimum atomic E-state index is -0.276. The van der Waals surface area contributed by atoms with Crippen LogP contribution in [-0.4, -0.2) is 5.11 Å². The number of aromatic hydroxyl groups is 1. The number of rotatable bonds is 3. The van der Waals surface area contributed by atoms with Crippen molar-refractivity contribution in [2.45, 2.75) is 20.4 Å². The predicted molar refractivity (Wildman–Crippen MR) is 71.3 cm³/mol. The van der Waals surface area contributed by atoms with E-state index in [0.717, 1.165) is 16.7 Å². The number of hydrogen-bond donors (Lipinski definition) is 2. The van der Waals surface area contributed by atoms with Crippen LogP contribution < -0.4 is 5.32 Å². The first-order valence-electron chi connectivity index (χ1n) is 5.86. The molecule has 0 amide bonds. The van der Waals surface area contributed by atoms with E-state index in [9.17, 15) is 9.50 Å². The molecule has 0 aromatic heterocycles. The molecule has 0 saturated heterocycles. The number of anilines is 1. The van der Waals surface area contributed by atoms with Crippen molar-refractivity contribution < 1.29 is 9.50 Å². The zero-order valence-electron chi connectivity index (χ0n) is 10.5. The van der Waals surface area contributed by atoms with Crippen LogP contribution in [-0.2, 0) is 6.54 Å². The van der Waals surface area contributed by atoms with Gasteiger partial charge in [-0.1, -0.05) is 30.3 Å². The van der Waals surface area contributed by atoms with Crippen LogP contribution in [0.15, 0.2) is 36.4 Å². The highest BCUT2D eigenvalue weighted by Crippen LogP contribution is 2.24. The SMILES string of the molecule is Cc1cccc(CNc2c(C)cccc2F)c1O. The summed E-state index contributed by atoms with van der Waals surface area (Å²) in [5.41, 5.74) is 2.91. The number of phenols is 1.